The lowest BCUT2D eigenvalue weighted by atomic mass is 10.1. The largest absolute Gasteiger partial charge is 0.484 e. The molecule has 2 aromatic rings. The molecule has 24 heavy (non-hydrogen) atoms. The van der Waals surface area contributed by atoms with Gasteiger partial charge >= 0.3 is 5.97 Å². The van der Waals surface area contributed by atoms with Crippen molar-refractivity contribution in [3.8, 4) is 5.75 Å². The minimum absolute atomic E-state index is 0.230. The van der Waals surface area contributed by atoms with Gasteiger partial charge in [0.1, 0.15) is 17.3 Å². The average molecular weight is 398 g/mol. The first-order chi connectivity index (χ1) is 11.3. The van der Waals surface area contributed by atoms with E-state index >= 15 is 0 Å². The van der Waals surface area contributed by atoms with Crippen molar-refractivity contribution >= 4 is 27.7 Å². The Morgan fingerprint density at radius 1 is 1.29 bits per heavy atom. The van der Waals surface area contributed by atoms with Crippen LogP contribution in [-0.4, -0.2) is 30.0 Å². The topological polar surface area (TPSA) is 68.4 Å². The lowest BCUT2D eigenvalue weighted by Gasteiger charge is -2.08. The molecule has 1 aromatic carbocycles. The molecule has 0 radical (unpaired) electrons. The van der Waals surface area contributed by atoms with E-state index in [4.69, 9.17) is 9.47 Å². The van der Waals surface area contributed by atoms with Crippen molar-refractivity contribution in [1.29, 1.82) is 0 Å². The van der Waals surface area contributed by atoms with Crippen LogP contribution in [0.2, 0.25) is 0 Å². The van der Waals surface area contributed by atoms with Gasteiger partial charge in [-0.2, -0.15) is 0 Å². The maximum absolute atomic E-state index is 13.1. The summed E-state index contributed by atoms with van der Waals surface area (Å²) in [5, 5.41) is 0. The van der Waals surface area contributed by atoms with Gasteiger partial charge in [0.2, 0.25) is 5.78 Å². The second-order valence-electron chi connectivity index (χ2n) is 5.13. The number of H-pyrrole nitrogens is 1. The normalized spacial score (nSPS) is 10.5. The molecule has 0 aliphatic carbocycles. The van der Waals surface area contributed by atoms with E-state index < -0.39 is 11.8 Å². The molecule has 2 rings (SSSR count). The molecule has 1 N–H and O–H groups in total. The molecule has 0 aliphatic rings. The van der Waals surface area contributed by atoms with Crippen molar-refractivity contribution in [3.63, 3.8) is 0 Å². The lowest BCUT2D eigenvalue weighted by Crippen LogP contribution is -2.14. The molecular formula is C17H17BrFNO4. The molecule has 0 bridgehead atoms. The predicted molar refractivity (Wildman–Crippen MR) is 90.1 cm³/mol. The smallest absolute Gasteiger partial charge is 0.355 e. The number of nitrogens with one attached hydrogen (secondary N) is 1. The molecule has 0 amide bonds. The number of Topliss-reactive ketones (excluding diaryl/α,β-unsaturated/α-hetero) is 1. The number of ether oxygens (including phenoxy) is 2. The summed E-state index contributed by atoms with van der Waals surface area (Å²) in [4.78, 5) is 27.2. The number of rotatable bonds is 6. The Balaban J connectivity index is 2.16. The minimum atomic E-state index is -0.501. The van der Waals surface area contributed by atoms with Crippen LogP contribution < -0.4 is 4.74 Å². The Hall–Kier alpha value is -2.15. The van der Waals surface area contributed by atoms with Gasteiger partial charge < -0.3 is 14.5 Å². The number of carbonyl (C=O) groups is 2. The molecule has 7 heteroatoms. The number of aromatic nitrogens is 1. The number of aromatic amines is 1. The standard InChI is InChI=1S/C17H17BrFNO4/c1-4-23-17(22)16-9(2)15(10(3)20-16)13(21)8-24-14-6-5-11(19)7-12(14)18/h5-7,20H,4,8H2,1-3H3. The van der Waals surface area contributed by atoms with Gasteiger partial charge in [0.05, 0.1) is 11.1 Å². The first-order valence-electron chi connectivity index (χ1n) is 7.32. The molecule has 0 aliphatic heterocycles. The van der Waals surface area contributed by atoms with E-state index in [1.54, 1.807) is 20.8 Å². The lowest BCUT2D eigenvalue weighted by molar-refractivity contribution is 0.0519. The zero-order valence-electron chi connectivity index (χ0n) is 13.5. The summed E-state index contributed by atoms with van der Waals surface area (Å²) in [6, 6.07) is 3.94. The van der Waals surface area contributed by atoms with E-state index in [1.165, 1.54) is 18.2 Å². The highest BCUT2D eigenvalue weighted by Gasteiger charge is 2.23. The third kappa shape index (κ3) is 3.84. The van der Waals surface area contributed by atoms with Gasteiger partial charge in [0.15, 0.2) is 6.61 Å². The zero-order valence-corrected chi connectivity index (χ0v) is 15.1. The summed E-state index contributed by atoms with van der Waals surface area (Å²) in [5.41, 5.74) is 1.76. The summed E-state index contributed by atoms with van der Waals surface area (Å²) in [6.07, 6.45) is 0. The SMILES string of the molecule is CCOC(=O)c1[nH]c(C)c(C(=O)COc2ccc(F)cc2Br)c1C. The number of hydrogen-bond donors (Lipinski definition) is 1. The van der Waals surface area contributed by atoms with Crippen LogP contribution >= 0.6 is 15.9 Å². The first kappa shape index (κ1) is 18.2. The summed E-state index contributed by atoms with van der Waals surface area (Å²) < 4.78 is 23.9. The number of benzene rings is 1. The molecule has 0 unspecified atom stereocenters. The molecule has 1 heterocycles. The van der Waals surface area contributed by atoms with Crippen LogP contribution in [0.4, 0.5) is 4.39 Å². The number of hydrogen-bond acceptors (Lipinski definition) is 4. The van der Waals surface area contributed by atoms with Gasteiger partial charge in [-0.3, -0.25) is 4.79 Å². The molecule has 0 fully saturated rings. The van der Waals surface area contributed by atoms with Gasteiger partial charge in [-0.05, 0) is 60.5 Å². The van der Waals surface area contributed by atoms with Crippen LogP contribution in [0, 0.1) is 19.7 Å². The second kappa shape index (κ2) is 7.61. The molecule has 1 aromatic heterocycles. The Morgan fingerprint density at radius 3 is 2.62 bits per heavy atom. The van der Waals surface area contributed by atoms with Crippen molar-refractivity contribution in [2.24, 2.45) is 0 Å². The van der Waals surface area contributed by atoms with Crippen LogP contribution in [-0.2, 0) is 4.74 Å². The summed E-state index contributed by atoms with van der Waals surface area (Å²) >= 11 is 3.18. The average Bonchev–Trinajstić information content (AvgIpc) is 2.81. The number of halogens is 2. The molecule has 0 spiro atoms. The maximum atomic E-state index is 13.1. The van der Waals surface area contributed by atoms with E-state index in [9.17, 15) is 14.0 Å². The van der Waals surface area contributed by atoms with Gasteiger partial charge in [-0.15, -0.1) is 0 Å². The van der Waals surface area contributed by atoms with Gasteiger partial charge in [0.25, 0.3) is 0 Å². The van der Waals surface area contributed by atoms with E-state index in [-0.39, 0.29) is 24.7 Å². The Labute approximate surface area is 147 Å². The van der Waals surface area contributed by atoms with E-state index in [1.807, 2.05) is 0 Å². The van der Waals surface area contributed by atoms with Gasteiger partial charge in [-0.25, -0.2) is 9.18 Å². The molecule has 0 saturated heterocycles. The molecular weight excluding hydrogens is 381 g/mol. The maximum Gasteiger partial charge on any atom is 0.355 e. The highest BCUT2D eigenvalue weighted by Crippen LogP contribution is 2.26. The molecule has 5 nitrogen and oxygen atoms in total. The number of carbonyl (C=O) groups excluding carboxylic acids is 2. The van der Waals surface area contributed by atoms with Crippen molar-refractivity contribution < 1.29 is 23.5 Å². The van der Waals surface area contributed by atoms with E-state index in [0.29, 0.717) is 27.0 Å². The number of aryl methyl sites for hydroxylation is 1. The fourth-order valence-electron chi connectivity index (χ4n) is 2.38. The van der Waals surface area contributed by atoms with Crippen molar-refractivity contribution in [1.82, 2.24) is 4.98 Å². The summed E-state index contributed by atoms with van der Waals surface area (Å²) in [5.74, 6) is -0.828. The van der Waals surface area contributed by atoms with E-state index in [2.05, 4.69) is 20.9 Å². The Morgan fingerprint density at radius 2 is 2.00 bits per heavy atom. The predicted octanol–water partition coefficient (Wildman–Crippen LogP) is 3.97. The van der Waals surface area contributed by atoms with Crippen LogP contribution in [0.5, 0.6) is 5.75 Å². The first-order valence-corrected chi connectivity index (χ1v) is 8.11. The highest BCUT2D eigenvalue weighted by molar-refractivity contribution is 9.10. The summed E-state index contributed by atoms with van der Waals surface area (Å²) in [6.45, 7) is 5.12. The molecule has 0 saturated carbocycles. The second-order valence-corrected chi connectivity index (χ2v) is 5.99. The fourth-order valence-corrected chi connectivity index (χ4v) is 2.85. The van der Waals surface area contributed by atoms with E-state index in [0.717, 1.165) is 0 Å². The minimum Gasteiger partial charge on any atom is -0.484 e. The quantitative estimate of drug-likeness (QED) is 0.591. The van der Waals surface area contributed by atoms with Crippen molar-refractivity contribution in [2.45, 2.75) is 20.8 Å². The Kier molecular flexibility index (Phi) is 5.77. The van der Waals surface area contributed by atoms with Crippen molar-refractivity contribution in [2.75, 3.05) is 13.2 Å². The van der Waals surface area contributed by atoms with Crippen LogP contribution in [0.1, 0.15) is 39.0 Å². The van der Waals surface area contributed by atoms with Crippen LogP contribution in [0.15, 0.2) is 22.7 Å². The number of ketones is 1. The monoisotopic (exact) mass is 397 g/mol. The summed E-state index contributed by atoms with van der Waals surface area (Å²) in [7, 11) is 0. The third-order valence-electron chi connectivity index (χ3n) is 3.45. The van der Waals surface area contributed by atoms with Crippen molar-refractivity contribution in [3.05, 3.63) is 51.0 Å². The molecule has 0 atom stereocenters. The van der Waals surface area contributed by atoms with Gasteiger partial charge in [-0.1, -0.05) is 0 Å². The molecule has 128 valence electrons. The third-order valence-corrected chi connectivity index (χ3v) is 4.07. The fraction of sp³-hybridized carbons (Fsp3) is 0.294. The zero-order chi connectivity index (χ0) is 17.9. The number of esters is 1. The van der Waals surface area contributed by atoms with Crippen LogP contribution in [0.3, 0.4) is 0 Å². The van der Waals surface area contributed by atoms with Gasteiger partial charge in [0, 0.05) is 11.3 Å². The van der Waals surface area contributed by atoms with Crippen LogP contribution in [0.25, 0.3) is 0 Å². The Bertz CT molecular complexity index is 785. The highest BCUT2D eigenvalue weighted by atomic mass is 79.9.